The third-order valence-electron chi connectivity index (χ3n) is 1.98. The largest absolute Gasteiger partial charge is 1.00 e. The van der Waals surface area contributed by atoms with Gasteiger partial charge in [-0.3, -0.25) is 5.26 Å². The predicted octanol–water partition coefficient (Wildman–Crippen LogP) is -1.47. The van der Waals surface area contributed by atoms with Gasteiger partial charge in [-0.2, -0.15) is 5.26 Å². The molecular formula is C12H8NNaO4. The van der Waals surface area contributed by atoms with E-state index in [0.717, 1.165) is 16.3 Å². The Morgan fingerprint density at radius 2 is 1.78 bits per heavy atom. The first-order chi connectivity index (χ1) is 8.19. The molecule has 1 N–H and O–H groups in total. The van der Waals surface area contributed by atoms with Crippen molar-refractivity contribution in [2.75, 3.05) is 0 Å². The summed E-state index contributed by atoms with van der Waals surface area (Å²) in [4.78, 5) is 11.3. The van der Waals surface area contributed by atoms with E-state index in [1.54, 1.807) is 0 Å². The maximum Gasteiger partial charge on any atom is 1.00 e. The van der Waals surface area contributed by atoms with E-state index in [0.29, 0.717) is 0 Å². The smallest absolute Gasteiger partial charge is 0.424 e. The molecule has 5 nitrogen and oxygen atoms in total. The quantitative estimate of drug-likeness (QED) is 0.351. The second kappa shape index (κ2) is 8.50. The van der Waals surface area contributed by atoms with Gasteiger partial charge < -0.3 is 14.8 Å². The first kappa shape index (κ1) is 16.4. The molecule has 0 heterocycles. The minimum atomic E-state index is -1.94. The van der Waals surface area contributed by atoms with E-state index in [2.05, 4.69) is 11.0 Å². The van der Waals surface area contributed by atoms with Crippen LogP contribution in [-0.4, -0.2) is 11.4 Å². The predicted molar refractivity (Wildman–Crippen MR) is 57.8 cm³/mol. The summed E-state index contributed by atoms with van der Waals surface area (Å²) in [5, 5.41) is 26.7. The van der Waals surface area contributed by atoms with Gasteiger partial charge in [0.25, 0.3) is 6.16 Å². The molecule has 0 atom stereocenters. The fourth-order valence-corrected chi connectivity index (χ4v) is 1.32. The Labute approximate surface area is 125 Å². The second-order valence-electron chi connectivity index (χ2n) is 2.98. The number of carbonyl (C=O) groups is 1. The SMILES string of the molecule is N#Cc1cccc2ccccc12.O=C([O-])OO.[Na+]. The molecule has 0 aromatic heterocycles. The van der Waals surface area contributed by atoms with Crippen LogP contribution in [0.15, 0.2) is 42.5 Å². The van der Waals surface area contributed by atoms with Crippen LogP contribution in [0.4, 0.5) is 4.79 Å². The Kier molecular flexibility index (Phi) is 7.76. The van der Waals surface area contributed by atoms with Gasteiger partial charge in [0.15, 0.2) is 0 Å². The molecule has 0 bridgehead atoms. The van der Waals surface area contributed by atoms with Gasteiger partial charge in [0.05, 0.1) is 11.6 Å². The molecule has 6 heteroatoms. The summed E-state index contributed by atoms with van der Waals surface area (Å²) in [5.41, 5.74) is 0.744. The molecule has 18 heavy (non-hydrogen) atoms. The number of carboxylic acid groups (broad SMARTS) is 1. The Bertz CT molecular complexity index is 560. The molecule has 0 aliphatic carbocycles. The zero-order valence-corrected chi connectivity index (χ0v) is 11.7. The van der Waals surface area contributed by atoms with Crippen LogP contribution < -0.4 is 34.7 Å². The molecule has 0 saturated heterocycles. The van der Waals surface area contributed by atoms with Crippen molar-refractivity contribution in [1.82, 2.24) is 0 Å². The van der Waals surface area contributed by atoms with Gasteiger partial charge in [-0.25, -0.2) is 0 Å². The van der Waals surface area contributed by atoms with Crippen molar-refractivity contribution in [3.63, 3.8) is 0 Å². The first-order valence-corrected chi connectivity index (χ1v) is 4.59. The summed E-state index contributed by atoms with van der Waals surface area (Å²) < 4.78 is 0. The molecule has 0 amide bonds. The first-order valence-electron chi connectivity index (χ1n) is 4.59. The fraction of sp³-hybridized carbons (Fsp3) is 0. The van der Waals surface area contributed by atoms with Gasteiger partial charge in [0.1, 0.15) is 0 Å². The summed E-state index contributed by atoms with van der Waals surface area (Å²) in [6.07, 6.45) is -1.94. The van der Waals surface area contributed by atoms with Crippen LogP contribution in [0.1, 0.15) is 5.56 Å². The van der Waals surface area contributed by atoms with Crippen molar-refractivity contribution in [1.29, 1.82) is 5.26 Å². The number of hydrogen-bond acceptors (Lipinski definition) is 5. The normalized spacial score (nSPS) is 8.22. The third-order valence-corrected chi connectivity index (χ3v) is 1.98. The number of rotatable bonds is 0. The zero-order valence-electron chi connectivity index (χ0n) is 9.66. The van der Waals surface area contributed by atoms with Gasteiger partial charge in [0.2, 0.25) is 0 Å². The maximum absolute atomic E-state index is 8.79. The van der Waals surface area contributed by atoms with Crippen LogP contribution in [0, 0.1) is 11.3 Å². The van der Waals surface area contributed by atoms with E-state index >= 15 is 0 Å². The van der Waals surface area contributed by atoms with E-state index < -0.39 is 6.16 Å². The zero-order chi connectivity index (χ0) is 12.7. The molecular weight excluding hydrogens is 245 g/mol. The summed E-state index contributed by atoms with van der Waals surface area (Å²) in [7, 11) is 0. The van der Waals surface area contributed by atoms with Crippen molar-refractivity contribution in [2.45, 2.75) is 0 Å². The minimum Gasteiger partial charge on any atom is -0.424 e. The summed E-state index contributed by atoms with van der Waals surface area (Å²) in [6.45, 7) is 0. The standard InChI is InChI=1S/C11H7N.CH2O4.Na/c12-8-10-6-3-5-9-4-1-2-7-11(9)10;2-1(3)5-4;/h1-7H;4H,(H,2,3);/q;;+1/p-1. The molecule has 0 spiro atoms. The van der Waals surface area contributed by atoms with Crippen LogP contribution in [-0.2, 0) is 4.89 Å². The van der Waals surface area contributed by atoms with Crippen LogP contribution in [0.25, 0.3) is 10.8 Å². The fourth-order valence-electron chi connectivity index (χ4n) is 1.32. The molecule has 0 aliphatic heterocycles. The van der Waals surface area contributed by atoms with Gasteiger partial charge in [-0.05, 0) is 16.8 Å². The second-order valence-corrected chi connectivity index (χ2v) is 2.98. The Morgan fingerprint density at radius 1 is 1.22 bits per heavy atom. The Morgan fingerprint density at radius 3 is 2.33 bits per heavy atom. The third kappa shape index (κ3) is 4.73. The van der Waals surface area contributed by atoms with E-state index in [1.165, 1.54) is 0 Å². The van der Waals surface area contributed by atoms with Crippen molar-refractivity contribution in [3.05, 3.63) is 48.0 Å². The molecule has 2 aromatic carbocycles. The average Bonchev–Trinajstić information content (AvgIpc) is 2.38. The van der Waals surface area contributed by atoms with Gasteiger partial charge in [-0.1, -0.05) is 36.4 Å². The van der Waals surface area contributed by atoms with Crippen LogP contribution >= 0.6 is 0 Å². The van der Waals surface area contributed by atoms with Gasteiger partial charge in [0, 0.05) is 0 Å². The monoisotopic (exact) mass is 253 g/mol. The van der Waals surface area contributed by atoms with Crippen molar-refractivity contribution in [3.8, 4) is 6.07 Å². The van der Waals surface area contributed by atoms with Crippen LogP contribution in [0.5, 0.6) is 0 Å². The number of hydrogen-bond donors (Lipinski definition) is 1. The Balaban J connectivity index is 0.000000421. The average molecular weight is 253 g/mol. The molecule has 0 radical (unpaired) electrons. The van der Waals surface area contributed by atoms with E-state index in [4.69, 9.17) is 20.4 Å². The van der Waals surface area contributed by atoms with Crippen molar-refractivity contribution < 1.29 is 49.6 Å². The number of carbonyl (C=O) groups excluding carboxylic acids is 1. The van der Waals surface area contributed by atoms with Crippen LogP contribution in [0.3, 0.4) is 0 Å². The maximum atomic E-state index is 8.79. The molecule has 0 saturated carbocycles. The number of nitrogens with zero attached hydrogens (tertiary/aromatic N) is 1. The topological polar surface area (TPSA) is 93.4 Å². The minimum absolute atomic E-state index is 0. The number of nitriles is 1. The number of fused-ring (bicyclic) bond motifs is 1. The van der Waals surface area contributed by atoms with Crippen molar-refractivity contribution in [2.24, 2.45) is 0 Å². The van der Waals surface area contributed by atoms with Gasteiger partial charge in [-0.15, -0.1) is 0 Å². The number of benzene rings is 2. The van der Waals surface area contributed by atoms with Gasteiger partial charge >= 0.3 is 29.6 Å². The summed E-state index contributed by atoms with van der Waals surface area (Å²) in [6, 6.07) is 15.8. The summed E-state index contributed by atoms with van der Waals surface area (Å²) in [5.74, 6) is 0. The van der Waals surface area contributed by atoms with E-state index in [1.807, 2.05) is 42.5 Å². The molecule has 2 rings (SSSR count). The molecule has 2 aromatic rings. The summed E-state index contributed by atoms with van der Waals surface area (Å²) >= 11 is 0. The van der Waals surface area contributed by atoms with Crippen molar-refractivity contribution >= 4 is 16.9 Å². The molecule has 0 aliphatic rings. The molecule has 0 fully saturated rings. The van der Waals surface area contributed by atoms with Crippen LogP contribution in [0.2, 0.25) is 0 Å². The Hall–Kier alpha value is -1.58. The molecule has 0 unspecified atom stereocenters. The van der Waals surface area contributed by atoms with E-state index in [-0.39, 0.29) is 29.6 Å². The molecule has 86 valence electrons. The van der Waals surface area contributed by atoms with E-state index in [9.17, 15) is 0 Å².